The van der Waals surface area contributed by atoms with E-state index in [-0.39, 0.29) is 11.7 Å². The highest BCUT2D eigenvalue weighted by atomic mass is 16.5. The molecule has 0 bridgehead atoms. The fourth-order valence-corrected chi connectivity index (χ4v) is 2.81. The minimum atomic E-state index is -0.669. The van der Waals surface area contributed by atoms with Crippen LogP contribution >= 0.6 is 0 Å². The Morgan fingerprint density at radius 1 is 1.07 bits per heavy atom. The molecule has 2 aromatic carbocycles. The Kier molecular flexibility index (Phi) is 5.55. The zero-order valence-corrected chi connectivity index (χ0v) is 17.0. The first-order valence-corrected chi connectivity index (χ1v) is 9.39. The van der Waals surface area contributed by atoms with Crippen LogP contribution in [0.4, 0.5) is 5.69 Å². The highest BCUT2D eigenvalue weighted by molar-refractivity contribution is 6.05. The normalized spacial score (nSPS) is 11.3. The third kappa shape index (κ3) is 4.21. The van der Waals surface area contributed by atoms with Crippen molar-refractivity contribution in [2.75, 3.05) is 12.3 Å². The third-order valence-electron chi connectivity index (χ3n) is 4.41. The molecule has 0 amide bonds. The first-order valence-electron chi connectivity index (χ1n) is 9.39. The summed E-state index contributed by atoms with van der Waals surface area (Å²) in [4.78, 5) is 28.7. The standard InChI is InChI=1S/C23H24N2O4/c1-5-28-21(26)14-10-11-18(25-13-14)17-12-19(29-22(27)23(2,3)4)20(24)16-9-7-6-8-15(16)17/h6-13H,5,24H2,1-4H3. The first-order chi connectivity index (χ1) is 13.7. The molecule has 0 atom stereocenters. The van der Waals surface area contributed by atoms with Gasteiger partial charge in [0.1, 0.15) is 0 Å². The van der Waals surface area contributed by atoms with Gasteiger partial charge >= 0.3 is 11.9 Å². The third-order valence-corrected chi connectivity index (χ3v) is 4.41. The van der Waals surface area contributed by atoms with E-state index in [1.54, 1.807) is 45.9 Å². The molecular weight excluding hydrogens is 368 g/mol. The maximum Gasteiger partial charge on any atom is 0.339 e. The fourth-order valence-electron chi connectivity index (χ4n) is 2.81. The van der Waals surface area contributed by atoms with E-state index in [2.05, 4.69) is 4.98 Å². The second-order valence-corrected chi connectivity index (χ2v) is 7.67. The number of rotatable bonds is 4. The molecule has 0 aliphatic heterocycles. The Balaban J connectivity index is 2.11. The zero-order chi connectivity index (χ0) is 21.2. The summed E-state index contributed by atoms with van der Waals surface area (Å²) in [5.74, 6) is -0.514. The molecule has 0 saturated carbocycles. The molecular formula is C23H24N2O4. The fraction of sp³-hybridized carbons (Fsp3) is 0.261. The first kappa shape index (κ1) is 20.3. The van der Waals surface area contributed by atoms with E-state index in [1.165, 1.54) is 6.20 Å². The molecule has 3 aromatic rings. The van der Waals surface area contributed by atoms with E-state index in [0.717, 1.165) is 16.3 Å². The molecule has 0 aliphatic rings. The predicted octanol–water partition coefficient (Wildman–Crippen LogP) is 4.61. The van der Waals surface area contributed by atoms with Gasteiger partial charge in [-0.15, -0.1) is 0 Å². The maximum absolute atomic E-state index is 12.4. The lowest BCUT2D eigenvalue weighted by atomic mass is 9.97. The number of esters is 2. The van der Waals surface area contributed by atoms with Crippen LogP contribution in [0.3, 0.4) is 0 Å². The van der Waals surface area contributed by atoms with Crippen molar-refractivity contribution in [1.29, 1.82) is 0 Å². The summed E-state index contributed by atoms with van der Waals surface area (Å²) >= 11 is 0. The Bertz CT molecular complexity index is 1070. The molecule has 2 N–H and O–H groups in total. The summed E-state index contributed by atoms with van der Waals surface area (Å²) in [5, 5.41) is 1.63. The summed E-state index contributed by atoms with van der Waals surface area (Å²) in [6.07, 6.45) is 1.47. The molecule has 0 saturated heterocycles. The molecule has 1 heterocycles. The highest BCUT2D eigenvalue weighted by Crippen LogP contribution is 2.38. The SMILES string of the molecule is CCOC(=O)c1ccc(-c2cc(OC(=O)C(C)(C)C)c(N)c3ccccc23)nc1. The molecule has 0 fully saturated rings. The van der Waals surface area contributed by atoms with Crippen LogP contribution in [0.2, 0.25) is 0 Å². The minimum absolute atomic E-state index is 0.287. The Morgan fingerprint density at radius 3 is 2.34 bits per heavy atom. The molecule has 1 aromatic heterocycles. The lowest BCUT2D eigenvalue weighted by Gasteiger charge is -2.19. The van der Waals surface area contributed by atoms with Crippen molar-refractivity contribution in [3.63, 3.8) is 0 Å². The average Bonchev–Trinajstić information content (AvgIpc) is 2.69. The van der Waals surface area contributed by atoms with Crippen molar-refractivity contribution in [3.05, 3.63) is 54.2 Å². The number of anilines is 1. The molecule has 0 aliphatic carbocycles. The van der Waals surface area contributed by atoms with Gasteiger partial charge in [-0.05, 0) is 51.3 Å². The van der Waals surface area contributed by atoms with E-state index in [9.17, 15) is 9.59 Å². The van der Waals surface area contributed by atoms with Crippen LogP contribution in [0.5, 0.6) is 5.75 Å². The molecule has 0 radical (unpaired) electrons. The second-order valence-electron chi connectivity index (χ2n) is 7.67. The molecule has 6 nitrogen and oxygen atoms in total. The molecule has 0 unspecified atom stereocenters. The number of aromatic nitrogens is 1. The van der Waals surface area contributed by atoms with Crippen LogP contribution in [0, 0.1) is 5.41 Å². The maximum atomic E-state index is 12.4. The number of fused-ring (bicyclic) bond motifs is 1. The number of nitrogen functional groups attached to an aromatic ring is 1. The largest absolute Gasteiger partial charge is 0.462 e. The van der Waals surface area contributed by atoms with Gasteiger partial charge < -0.3 is 15.2 Å². The summed E-state index contributed by atoms with van der Waals surface area (Å²) in [5.41, 5.74) is 7.77. The van der Waals surface area contributed by atoms with Gasteiger partial charge in [-0.25, -0.2) is 4.79 Å². The van der Waals surface area contributed by atoms with Crippen LogP contribution in [0.15, 0.2) is 48.7 Å². The Labute approximate surface area is 169 Å². The van der Waals surface area contributed by atoms with Crippen molar-refractivity contribution in [3.8, 4) is 17.0 Å². The van der Waals surface area contributed by atoms with Crippen molar-refractivity contribution < 1.29 is 19.1 Å². The average molecular weight is 392 g/mol. The molecule has 0 spiro atoms. The van der Waals surface area contributed by atoms with E-state index in [1.807, 2.05) is 24.3 Å². The summed E-state index contributed by atoms with van der Waals surface area (Å²) in [6.45, 7) is 7.39. The van der Waals surface area contributed by atoms with Gasteiger partial charge in [0.15, 0.2) is 5.75 Å². The summed E-state index contributed by atoms with van der Waals surface area (Å²) in [7, 11) is 0. The second kappa shape index (κ2) is 7.91. The number of hydrogen-bond donors (Lipinski definition) is 1. The van der Waals surface area contributed by atoms with Gasteiger partial charge in [0.05, 0.1) is 29.0 Å². The van der Waals surface area contributed by atoms with Gasteiger partial charge in [-0.2, -0.15) is 0 Å². The number of nitrogens with two attached hydrogens (primary N) is 1. The smallest absolute Gasteiger partial charge is 0.339 e. The molecule has 6 heteroatoms. The Morgan fingerprint density at radius 2 is 1.76 bits per heavy atom. The predicted molar refractivity (Wildman–Crippen MR) is 113 cm³/mol. The van der Waals surface area contributed by atoms with Gasteiger partial charge in [0, 0.05) is 17.1 Å². The van der Waals surface area contributed by atoms with Gasteiger partial charge in [0.2, 0.25) is 0 Å². The number of hydrogen-bond acceptors (Lipinski definition) is 6. The number of carbonyl (C=O) groups is 2. The van der Waals surface area contributed by atoms with Crippen LogP contribution in [-0.2, 0) is 9.53 Å². The summed E-state index contributed by atoms with van der Waals surface area (Å²) in [6, 6.07) is 12.7. The number of benzene rings is 2. The molecule has 29 heavy (non-hydrogen) atoms. The highest BCUT2D eigenvalue weighted by Gasteiger charge is 2.25. The zero-order valence-electron chi connectivity index (χ0n) is 17.0. The summed E-state index contributed by atoms with van der Waals surface area (Å²) < 4.78 is 10.6. The van der Waals surface area contributed by atoms with Crippen molar-refractivity contribution in [2.24, 2.45) is 5.41 Å². The number of pyridine rings is 1. The minimum Gasteiger partial charge on any atom is -0.462 e. The number of carbonyl (C=O) groups excluding carboxylic acids is 2. The van der Waals surface area contributed by atoms with Crippen LogP contribution in [-0.4, -0.2) is 23.5 Å². The van der Waals surface area contributed by atoms with Gasteiger partial charge in [0.25, 0.3) is 0 Å². The van der Waals surface area contributed by atoms with Crippen LogP contribution < -0.4 is 10.5 Å². The lowest BCUT2D eigenvalue weighted by Crippen LogP contribution is -2.26. The molecule has 150 valence electrons. The van der Waals surface area contributed by atoms with E-state index >= 15 is 0 Å². The van der Waals surface area contributed by atoms with E-state index < -0.39 is 11.4 Å². The van der Waals surface area contributed by atoms with Crippen molar-refractivity contribution in [1.82, 2.24) is 4.98 Å². The number of nitrogens with zero attached hydrogens (tertiary/aromatic N) is 1. The lowest BCUT2D eigenvalue weighted by molar-refractivity contribution is -0.142. The molecule has 3 rings (SSSR count). The van der Waals surface area contributed by atoms with Crippen LogP contribution in [0.25, 0.3) is 22.0 Å². The van der Waals surface area contributed by atoms with E-state index in [0.29, 0.717) is 23.6 Å². The van der Waals surface area contributed by atoms with Crippen LogP contribution in [0.1, 0.15) is 38.1 Å². The topological polar surface area (TPSA) is 91.5 Å². The van der Waals surface area contributed by atoms with E-state index in [4.69, 9.17) is 15.2 Å². The Hall–Kier alpha value is -3.41. The monoisotopic (exact) mass is 392 g/mol. The van der Waals surface area contributed by atoms with Gasteiger partial charge in [-0.3, -0.25) is 9.78 Å². The quantitative estimate of drug-likeness (QED) is 0.396. The van der Waals surface area contributed by atoms with Crippen molar-refractivity contribution in [2.45, 2.75) is 27.7 Å². The number of ether oxygens (including phenoxy) is 2. The van der Waals surface area contributed by atoms with Gasteiger partial charge in [-0.1, -0.05) is 24.3 Å². The van der Waals surface area contributed by atoms with Crippen molar-refractivity contribution >= 4 is 28.4 Å².